The molecule has 0 unspecified atom stereocenters. The smallest absolute Gasteiger partial charge is 0.339 e. The van der Waals surface area contributed by atoms with E-state index >= 15 is 0 Å². The fraction of sp³-hybridized carbons (Fsp3) is 0.222. The minimum Gasteiger partial charge on any atom is -0.454 e. The quantitative estimate of drug-likeness (QED) is 0.240. The third-order valence-electron chi connectivity index (χ3n) is 6.11. The molecule has 0 radical (unpaired) electrons. The Morgan fingerprint density at radius 3 is 2.50 bits per heavy atom. The van der Waals surface area contributed by atoms with Crippen molar-refractivity contribution in [2.75, 3.05) is 6.61 Å². The fourth-order valence-corrected chi connectivity index (χ4v) is 4.35. The van der Waals surface area contributed by atoms with Gasteiger partial charge in [-0.1, -0.05) is 35.5 Å². The molecule has 0 aliphatic rings. The highest BCUT2D eigenvalue weighted by Gasteiger charge is 2.22. The number of carbonyl (C=O) groups excluding carboxylic acids is 2. The van der Waals surface area contributed by atoms with Gasteiger partial charge in [0.2, 0.25) is 5.78 Å². The Hall–Kier alpha value is -4.53. The van der Waals surface area contributed by atoms with E-state index < -0.39 is 12.6 Å². The summed E-state index contributed by atoms with van der Waals surface area (Å²) in [4.78, 5) is 31.0. The van der Waals surface area contributed by atoms with E-state index in [0.717, 1.165) is 11.3 Å². The van der Waals surface area contributed by atoms with Gasteiger partial charge in [0.05, 0.1) is 22.8 Å². The van der Waals surface area contributed by atoms with E-state index in [4.69, 9.17) is 14.2 Å². The summed E-state index contributed by atoms with van der Waals surface area (Å²) in [7, 11) is 0. The highest BCUT2D eigenvalue weighted by atomic mass is 16.5. The van der Waals surface area contributed by atoms with E-state index in [-0.39, 0.29) is 5.78 Å². The molecule has 0 aliphatic carbocycles. The first kappa shape index (κ1) is 23.2. The molecule has 5 aromatic rings. The van der Waals surface area contributed by atoms with Crippen molar-refractivity contribution in [2.45, 2.75) is 34.2 Å². The van der Waals surface area contributed by atoms with Crippen molar-refractivity contribution >= 4 is 22.8 Å². The van der Waals surface area contributed by atoms with Crippen molar-refractivity contribution in [3.63, 3.8) is 0 Å². The molecular formula is C27H25N5O4. The molecule has 0 spiro atoms. The normalized spacial score (nSPS) is 11.2. The summed E-state index contributed by atoms with van der Waals surface area (Å²) >= 11 is 0. The number of carbonyl (C=O) groups is 2. The Labute approximate surface area is 207 Å². The number of pyridine rings is 1. The molecule has 9 nitrogen and oxygen atoms in total. The minimum atomic E-state index is -0.607. The summed E-state index contributed by atoms with van der Waals surface area (Å²) in [5, 5.41) is 8.97. The Morgan fingerprint density at radius 2 is 1.81 bits per heavy atom. The van der Waals surface area contributed by atoms with Crippen molar-refractivity contribution in [2.24, 2.45) is 0 Å². The van der Waals surface area contributed by atoms with Gasteiger partial charge in [0, 0.05) is 35.1 Å². The minimum absolute atomic E-state index is 0.305. The molecule has 4 heterocycles. The molecule has 0 saturated heterocycles. The zero-order valence-electron chi connectivity index (χ0n) is 20.5. The molecule has 0 fully saturated rings. The molecule has 0 aliphatic heterocycles. The van der Waals surface area contributed by atoms with Gasteiger partial charge in [0.1, 0.15) is 5.76 Å². The number of hydrogen-bond donors (Lipinski definition) is 0. The van der Waals surface area contributed by atoms with Crippen LogP contribution in [0.5, 0.6) is 0 Å². The van der Waals surface area contributed by atoms with Gasteiger partial charge in [-0.2, -0.15) is 5.10 Å². The van der Waals surface area contributed by atoms with Gasteiger partial charge in [-0.15, -0.1) is 0 Å². The molecule has 0 saturated carbocycles. The predicted molar refractivity (Wildman–Crippen MR) is 133 cm³/mol. The SMILES string of the molecule is CCn1ncc2c(C(=O)OCC(=O)c3cc(C)n(-c4cc(C)on4)c3C)cc(-c3ccccc3)nc21. The predicted octanol–water partition coefficient (Wildman–Crippen LogP) is 4.86. The number of esters is 1. The first-order valence-electron chi connectivity index (χ1n) is 11.6. The van der Waals surface area contributed by atoms with E-state index in [1.165, 1.54) is 0 Å². The molecule has 0 amide bonds. The topological polar surface area (TPSA) is 105 Å². The summed E-state index contributed by atoms with van der Waals surface area (Å²) in [5.41, 5.74) is 4.38. The zero-order valence-corrected chi connectivity index (χ0v) is 20.5. The summed E-state index contributed by atoms with van der Waals surface area (Å²) in [6.07, 6.45) is 1.60. The van der Waals surface area contributed by atoms with Crippen LogP contribution in [-0.2, 0) is 11.3 Å². The van der Waals surface area contributed by atoms with Gasteiger partial charge in [0.15, 0.2) is 18.1 Å². The molecule has 182 valence electrons. The van der Waals surface area contributed by atoms with Crippen LogP contribution >= 0.6 is 0 Å². The van der Waals surface area contributed by atoms with Crippen LogP contribution in [0.2, 0.25) is 0 Å². The van der Waals surface area contributed by atoms with Crippen LogP contribution in [0.1, 0.15) is 44.8 Å². The number of nitrogens with zero attached hydrogens (tertiary/aromatic N) is 5. The van der Waals surface area contributed by atoms with Crippen LogP contribution in [0.4, 0.5) is 0 Å². The lowest BCUT2D eigenvalue weighted by Crippen LogP contribution is -2.15. The zero-order chi connectivity index (χ0) is 25.4. The second kappa shape index (κ2) is 9.26. The average molecular weight is 484 g/mol. The number of fused-ring (bicyclic) bond motifs is 1. The van der Waals surface area contributed by atoms with Gasteiger partial charge in [-0.25, -0.2) is 14.5 Å². The maximum Gasteiger partial charge on any atom is 0.339 e. The van der Waals surface area contributed by atoms with Crippen LogP contribution in [0.15, 0.2) is 59.3 Å². The van der Waals surface area contributed by atoms with Gasteiger partial charge >= 0.3 is 5.97 Å². The maximum atomic E-state index is 13.2. The Morgan fingerprint density at radius 1 is 1.03 bits per heavy atom. The van der Waals surface area contributed by atoms with E-state index in [1.54, 1.807) is 36.0 Å². The number of Topliss-reactive ketones (excluding diaryl/α,β-unsaturated/α-hetero) is 1. The van der Waals surface area contributed by atoms with E-state index in [1.807, 2.05) is 55.7 Å². The highest BCUT2D eigenvalue weighted by Crippen LogP contribution is 2.26. The first-order chi connectivity index (χ1) is 17.4. The van der Waals surface area contributed by atoms with Crippen LogP contribution in [0.3, 0.4) is 0 Å². The lowest BCUT2D eigenvalue weighted by Gasteiger charge is -2.09. The van der Waals surface area contributed by atoms with E-state index in [9.17, 15) is 9.59 Å². The first-order valence-corrected chi connectivity index (χ1v) is 11.6. The molecular weight excluding hydrogens is 458 g/mol. The Balaban J connectivity index is 1.42. The number of rotatable bonds is 7. The number of ketones is 1. The highest BCUT2D eigenvalue weighted by molar-refractivity contribution is 6.05. The Kier molecular flexibility index (Phi) is 5.97. The fourth-order valence-electron chi connectivity index (χ4n) is 4.35. The van der Waals surface area contributed by atoms with Crippen LogP contribution < -0.4 is 0 Å². The number of aromatic nitrogens is 5. The molecule has 0 N–H and O–H groups in total. The monoisotopic (exact) mass is 483 g/mol. The number of aryl methyl sites for hydroxylation is 3. The lowest BCUT2D eigenvalue weighted by molar-refractivity contribution is 0.0476. The van der Waals surface area contributed by atoms with Crippen molar-refractivity contribution in [1.29, 1.82) is 0 Å². The standard InChI is InChI=1S/C27H25N5O4/c1-5-31-26-22(14-28-31)21(13-23(29-26)19-9-7-6-8-10-19)27(34)35-15-24(33)20-11-16(2)32(18(20)4)25-12-17(3)36-30-25/h6-14H,5,15H2,1-4H3. The van der Waals surface area contributed by atoms with Gasteiger partial charge in [-0.3, -0.25) is 9.36 Å². The van der Waals surface area contributed by atoms with Crippen molar-refractivity contribution < 1.29 is 18.8 Å². The van der Waals surface area contributed by atoms with Gasteiger partial charge in [-0.05, 0) is 39.8 Å². The Bertz CT molecular complexity index is 1590. The van der Waals surface area contributed by atoms with Crippen molar-refractivity contribution in [3.8, 4) is 17.1 Å². The van der Waals surface area contributed by atoms with Crippen LogP contribution in [-0.4, -0.2) is 42.8 Å². The van der Waals surface area contributed by atoms with E-state index in [0.29, 0.717) is 51.7 Å². The molecule has 9 heteroatoms. The van der Waals surface area contributed by atoms with Crippen LogP contribution in [0, 0.1) is 20.8 Å². The molecule has 1 aromatic carbocycles. The summed E-state index contributed by atoms with van der Waals surface area (Å²) in [5.74, 6) is 0.355. The van der Waals surface area contributed by atoms with Gasteiger partial charge in [0.25, 0.3) is 0 Å². The maximum absolute atomic E-state index is 13.2. The molecule has 5 rings (SSSR count). The number of benzene rings is 1. The van der Waals surface area contributed by atoms with Crippen molar-refractivity contribution in [1.82, 2.24) is 24.5 Å². The molecule has 36 heavy (non-hydrogen) atoms. The van der Waals surface area contributed by atoms with Crippen LogP contribution in [0.25, 0.3) is 28.1 Å². The third kappa shape index (κ3) is 4.08. The van der Waals surface area contributed by atoms with Gasteiger partial charge < -0.3 is 9.26 Å². The number of ether oxygens (including phenoxy) is 1. The molecule has 4 aromatic heterocycles. The molecule has 0 atom stereocenters. The summed E-state index contributed by atoms with van der Waals surface area (Å²) < 4.78 is 14.2. The summed E-state index contributed by atoms with van der Waals surface area (Å²) in [6.45, 7) is 7.67. The second-order valence-electron chi connectivity index (χ2n) is 8.53. The lowest BCUT2D eigenvalue weighted by atomic mass is 10.1. The summed E-state index contributed by atoms with van der Waals surface area (Å²) in [6, 6.07) is 14.8. The van der Waals surface area contributed by atoms with Crippen molar-refractivity contribution in [3.05, 3.63) is 83.0 Å². The second-order valence-corrected chi connectivity index (χ2v) is 8.53. The molecule has 0 bridgehead atoms. The largest absolute Gasteiger partial charge is 0.454 e. The average Bonchev–Trinajstić information content (AvgIpc) is 3.58. The third-order valence-corrected chi connectivity index (χ3v) is 6.11. The van der Waals surface area contributed by atoms with E-state index in [2.05, 4.69) is 10.3 Å². The number of hydrogen-bond acceptors (Lipinski definition) is 7.